The van der Waals surface area contributed by atoms with Crippen LogP contribution in [0.4, 0.5) is 0 Å². The molecule has 2 heteroatoms. The third-order valence-electron chi connectivity index (χ3n) is 14.2. The molecule has 0 saturated carbocycles. The second kappa shape index (κ2) is 12.8. The fourth-order valence-electron chi connectivity index (χ4n) is 11.2. The smallest absolute Gasteiger partial charge is 0.136 e. The van der Waals surface area contributed by atoms with Crippen LogP contribution in [-0.4, -0.2) is 0 Å². The van der Waals surface area contributed by atoms with Gasteiger partial charge in [-0.2, -0.15) is 0 Å². The van der Waals surface area contributed by atoms with Crippen molar-refractivity contribution in [3.63, 3.8) is 0 Å². The molecule has 0 bridgehead atoms. The average molecular weight is 819 g/mol. The molecule has 0 fully saturated rings. The predicted molar refractivity (Wildman–Crippen MR) is 271 cm³/mol. The molecule has 0 amide bonds. The highest BCUT2D eigenvalue weighted by Gasteiger charge is 2.36. The second-order valence-corrected chi connectivity index (χ2v) is 19.0. The first-order chi connectivity index (χ1) is 31.0. The lowest BCUT2D eigenvalue weighted by Gasteiger charge is -2.22. The van der Waals surface area contributed by atoms with Gasteiger partial charge in [-0.1, -0.05) is 166 Å². The SMILES string of the molecule is CC1(C)c2ccc(-c3c4ccccc4c(-c4ccc5ccccc5c4)c4ccccc34)cc2-c2ccc(-c3ccc4c(c3)oc3ccc5ccc6c7ccccc7sc6c5c34)cc21. The summed E-state index contributed by atoms with van der Waals surface area (Å²) in [5.74, 6) is 0. The van der Waals surface area contributed by atoms with Gasteiger partial charge in [0.15, 0.2) is 0 Å². The van der Waals surface area contributed by atoms with Gasteiger partial charge >= 0.3 is 0 Å². The van der Waals surface area contributed by atoms with Crippen molar-refractivity contribution in [2.75, 3.05) is 0 Å². The van der Waals surface area contributed by atoms with Gasteiger partial charge in [-0.15, -0.1) is 11.3 Å². The van der Waals surface area contributed by atoms with Gasteiger partial charge in [0.1, 0.15) is 11.2 Å². The fourth-order valence-corrected chi connectivity index (χ4v) is 12.5. The summed E-state index contributed by atoms with van der Waals surface area (Å²) in [5, 5.41) is 15.1. The highest BCUT2D eigenvalue weighted by Crippen LogP contribution is 2.53. The van der Waals surface area contributed by atoms with E-state index in [9.17, 15) is 0 Å². The molecule has 1 aliphatic rings. The number of rotatable bonds is 3. The Morgan fingerprint density at radius 3 is 1.73 bits per heavy atom. The lowest BCUT2D eigenvalue weighted by molar-refractivity contribution is 0.660. The predicted octanol–water partition coefficient (Wildman–Crippen LogP) is 17.9. The van der Waals surface area contributed by atoms with E-state index < -0.39 is 0 Å². The third-order valence-corrected chi connectivity index (χ3v) is 15.4. The lowest BCUT2D eigenvalue weighted by Crippen LogP contribution is -2.15. The maximum atomic E-state index is 6.70. The van der Waals surface area contributed by atoms with Gasteiger partial charge in [0.05, 0.1) is 0 Å². The Kier molecular flexibility index (Phi) is 7.12. The van der Waals surface area contributed by atoms with Gasteiger partial charge in [-0.25, -0.2) is 0 Å². The Bertz CT molecular complexity index is 4060. The van der Waals surface area contributed by atoms with Crippen LogP contribution in [0.1, 0.15) is 25.0 Å². The quantitative estimate of drug-likeness (QED) is 0.162. The summed E-state index contributed by atoms with van der Waals surface area (Å²) in [6.07, 6.45) is 0. The number of benzene rings is 11. The summed E-state index contributed by atoms with van der Waals surface area (Å²) in [6.45, 7) is 4.76. The molecule has 11 aromatic carbocycles. The van der Waals surface area contributed by atoms with Crippen LogP contribution in [0.25, 0.3) is 130 Å². The Labute approximate surface area is 368 Å². The van der Waals surface area contributed by atoms with Crippen molar-refractivity contribution in [1.29, 1.82) is 0 Å². The molecule has 1 aliphatic carbocycles. The first kappa shape index (κ1) is 35.1. The van der Waals surface area contributed by atoms with Gasteiger partial charge in [0.2, 0.25) is 0 Å². The van der Waals surface area contributed by atoms with Gasteiger partial charge in [0, 0.05) is 41.7 Å². The first-order valence-electron chi connectivity index (χ1n) is 21.9. The van der Waals surface area contributed by atoms with E-state index >= 15 is 0 Å². The maximum Gasteiger partial charge on any atom is 0.136 e. The standard InChI is InChI=1S/C61H38OS/c1-61(2)51-29-24-41(57-46-16-7-5-14-44(46)56(45-15-6-8-17-47(45)57)40-20-19-35-11-3-4-12-37(35)31-40)32-50(51)42-26-22-38(33-52(42)61)39-23-28-49-54(34-39)62-53-30-25-36-21-27-48-43-13-9-10-18-55(43)63-60(48)58(36)59(49)53/h3-34H,1-2H3. The molecule has 0 N–H and O–H groups in total. The van der Waals surface area contributed by atoms with Crippen LogP contribution in [0.2, 0.25) is 0 Å². The normalized spacial score (nSPS) is 13.4. The van der Waals surface area contributed by atoms with Crippen molar-refractivity contribution < 1.29 is 4.42 Å². The van der Waals surface area contributed by atoms with Crippen molar-refractivity contribution in [3.05, 3.63) is 205 Å². The minimum Gasteiger partial charge on any atom is -0.456 e. The molecule has 0 spiro atoms. The number of hydrogen-bond donors (Lipinski definition) is 0. The first-order valence-corrected chi connectivity index (χ1v) is 22.7. The zero-order chi connectivity index (χ0) is 41.6. The van der Waals surface area contributed by atoms with E-state index in [0.29, 0.717) is 0 Å². The fraction of sp³-hybridized carbons (Fsp3) is 0.0492. The molecule has 63 heavy (non-hydrogen) atoms. The molecule has 2 aromatic heterocycles. The van der Waals surface area contributed by atoms with Crippen LogP contribution in [0.15, 0.2) is 199 Å². The Morgan fingerprint density at radius 2 is 0.952 bits per heavy atom. The van der Waals surface area contributed by atoms with Crippen molar-refractivity contribution in [3.8, 4) is 44.5 Å². The van der Waals surface area contributed by atoms with Crippen LogP contribution < -0.4 is 0 Å². The number of thiophene rings is 1. The molecule has 0 atom stereocenters. The van der Waals surface area contributed by atoms with E-state index in [-0.39, 0.29) is 5.41 Å². The highest BCUT2D eigenvalue weighted by molar-refractivity contribution is 7.26. The minimum atomic E-state index is -0.165. The third kappa shape index (κ3) is 4.93. The van der Waals surface area contributed by atoms with E-state index in [2.05, 4.69) is 208 Å². The topological polar surface area (TPSA) is 13.1 Å². The average Bonchev–Trinajstić information content (AvgIpc) is 3.97. The summed E-state index contributed by atoms with van der Waals surface area (Å²) in [7, 11) is 0. The number of fused-ring (bicyclic) bond motifs is 15. The van der Waals surface area contributed by atoms with E-state index in [1.54, 1.807) is 0 Å². The highest BCUT2D eigenvalue weighted by atomic mass is 32.1. The molecule has 14 rings (SSSR count). The Morgan fingerprint density at radius 1 is 0.365 bits per heavy atom. The maximum absolute atomic E-state index is 6.70. The summed E-state index contributed by atoms with van der Waals surface area (Å²) in [6, 6.07) is 72.3. The summed E-state index contributed by atoms with van der Waals surface area (Å²) < 4.78 is 9.35. The summed E-state index contributed by atoms with van der Waals surface area (Å²) in [4.78, 5) is 0. The monoisotopic (exact) mass is 818 g/mol. The van der Waals surface area contributed by atoms with Crippen molar-refractivity contribution >= 4 is 96.5 Å². The molecule has 13 aromatic rings. The van der Waals surface area contributed by atoms with Crippen LogP contribution in [0.5, 0.6) is 0 Å². The van der Waals surface area contributed by atoms with Gasteiger partial charge in [-0.05, 0) is 136 Å². The lowest BCUT2D eigenvalue weighted by atomic mass is 9.81. The zero-order valence-corrected chi connectivity index (χ0v) is 35.6. The Hall–Kier alpha value is -7.52. The minimum absolute atomic E-state index is 0.165. The molecule has 0 aliphatic heterocycles. The van der Waals surface area contributed by atoms with E-state index in [1.165, 1.54) is 119 Å². The molecular weight excluding hydrogens is 781 g/mol. The second-order valence-electron chi connectivity index (χ2n) is 17.9. The zero-order valence-electron chi connectivity index (χ0n) is 34.8. The van der Waals surface area contributed by atoms with E-state index in [4.69, 9.17) is 4.42 Å². The van der Waals surface area contributed by atoms with Crippen LogP contribution in [0.3, 0.4) is 0 Å². The van der Waals surface area contributed by atoms with Gasteiger partial charge < -0.3 is 4.42 Å². The largest absolute Gasteiger partial charge is 0.456 e. The van der Waals surface area contributed by atoms with Crippen molar-refractivity contribution in [1.82, 2.24) is 0 Å². The van der Waals surface area contributed by atoms with Crippen LogP contribution in [-0.2, 0) is 5.41 Å². The van der Waals surface area contributed by atoms with Crippen molar-refractivity contribution in [2.24, 2.45) is 0 Å². The van der Waals surface area contributed by atoms with E-state index in [0.717, 1.165) is 22.1 Å². The van der Waals surface area contributed by atoms with Crippen molar-refractivity contribution in [2.45, 2.75) is 19.3 Å². The number of hydrogen-bond acceptors (Lipinski definition) is 2. The molecule has 0 saturated heterocycles. The number of furan rings is 1. The summed E-state index contributed by atoms with van der Waals surface area (Å²) in [5.41, 5.74) is 14.5. The molecule has 294 valence electrons. The Balaban J connectivity index is 0.900. The molecular formula is C61H38OS. The van der Waals surface area contributed by atoms with Gasteiger partial charge in [0.25, 0.3) is 0 Å². The van der Waals surface area contributed by atoms with E-state index in [1.807, 2.05) is 11.3 Å². The van der Waals surface area contributed by atoms with Gasteiger partial charge in [-0.3, -0.25) is 0 Å². The van der Waals surface area contributed by atoms with Crippen LogP contribution in [0, 0.1) is 0 Å². The molecule has 0 unspecified atom stereocenters. The molecule has 0 radical (unpaired) electrons. The summed E-state index contributed by atoms with van der Waals surface area (Å²) >= 11 is 1.88. The molecule has 1 nitrogen and oxygen atoms in total. The molecule has 2 heterocycles. The van der Waals surface area contributed by atoms with Crippen LogP contribution >= 0.6 is 11.3 Å².